The highest BCUT2D eigenvalue weighted by Gasteiger charge is 2.15. The highest BCUT2D eigenvalue weighted by atomic mass is 19.1. The van der Waals surface area contributed by atoms with Crippen LogP contribution in [-0.4, -0.2) is 12.5 Å². The zero-order chi connectivity index (χ0) is 18.6. The Labute approximate surface area is 147 Å². The number of nitrogens with one attached hydrogen (secondary N) is 1. The molecule has 0 heterocycles. The molecule has 0 aliphatic carbocycles. The molecule has 0 aromatic heterocycles. The van der Waals surface area contributed by atoms with Gasteiger partial charge in [-0.2, -0.15) is 0 Å². The van der Waals surface area contributed by atoms with Gasteiger partial charge in [0.25, 0.3) is 0 Å². The first-order chi connectivity index (χ1) is 11.8. The Kier molecular flexibility index (Phi) is 6.07. The predicted octanol–water partition coefficient (Wildman–Crippen LogP) is 5.26. The summed E-state index contributed by atoms with van der Waals surface area (Å²) < 4.78 is 27.4. The van der Waals surface area contributed by atoms with Crippen LogP contribution in [0.3, 0.4) is 0 Å². The molecular formula is C21H23F2NO. The summed E-state index contributed by atoms with van der Waals surface area (Å²) in [7, 11) is 0. The number of allylic oxidation sites excluding steroid dienone is 1. The summed E-state index contributed by atoms with van der Waals surface area (Å²) in [4.78, 5) is 12.2. The van der Waals surface area contributed by atoms with Gasteiger partial charge in [0.05, 0.1) is 0 Å². The topological polar surface area (TPSA) is 29.1 Å². The van der Waals surface area contributed by atoms with Gasteiger partial charge in [0.2, 0.25) is 5.91 Å². The number of carbonyl (C=O) groups is 1. The molecule has 0 spiro atoms. The lowest BCUT2D eigenvalue weighted by molar-refractivity contribution is -0.117. The normalized spacial score (nSPS) is 11.9. The van der Waals surface area contributed by atoms with Gasteiger partial charge < -0.3 is 5.32 Å². The fourth-order valence-electron chi connectivity index (χ4n) is 2.74. The molecule has 0 saturated carbocycles. The fourth-order valence-corrected chi connectivity index (χ4v) is 2.74. The first kappa shape index (κ1) is 18.8. The van der Waals surface area contributed by atoms with Crippen molar-refractivity contribution in [3.8, 4) is 11.1 Å². The van der Waals surface area contributed by atoms with Crippen LogP contribution in [0.15, 0.2) is 42.0 Å². The Bertz CT molecular complexity index is 807. The highest BCUT2D eigenvalue weighted by molar-refractivity contribution is 6.00. The second-order valence-corrected chi connectivity index (χ2v) is 6.14. The summed E-state index contributed by atoms with van der Waals surface area (Å²) in [5, 5.41) is 2.84. The molecule has 132 valence electrons. The third-order valence-corrected chi connectivity index (χ3v) is 4.37. The monoisotopic (exact) mass is 343 g/mol. The van der Waals surface area contributed by atoms with Gasteiger partial charge >= 0.3 is 0 Å². The summed E-state index contributed by atoms with van der Waals surface area (Å²) in [6.45, 7) is 8.03. The number of benzene rings is 2. The lowest BCUT2D eigenvalue weighted by atomic mass is 9.91. The van der Waals surface area contributed by atoms with Gasteiger partial charge in [0.15, 0.2) is 0 Å². The van der Waals surface area contributed by atoms with Crippen molar-refractivity contribution in [3.05, 3.63) is 64.7 Å². The van der Waals surface area contributed by atoms with Crippen molar-refractivity contribution in [2.45, 2.75) is 34.1 Å². The van der Waals surface area contributed by atoms with E-state index in [4.69, 9.17) is 0 Å². The van der Waals surface area contributed by atoms with E-state index >= 15 is 0 Å². The van der Waals surface area contributed by atoms with Crippen molar-refractivity contribution in [2.24, 2.45) is 0 Å². The van der Waals surface area contributed by atoms with Crippen LogP contribution < -0.4 is 5.32 Å². The molecule has 2 aromatic rings. The Morgan fingerprint density at radius 2 is 1.68 bits per heavy atom. The molecular weight excluding hydrogens is 320 g/mol. The number of amides is 1. The van der Waals surface area contributed by atoms with Crippen LogP contribution in [0.5, 0.6) is 0 Å². The molecule has 0 bridgehead atoms. The molecule has 1 N–H and O–H groups in total. The summed E-state index contributed by atoms with van der Waals surface area (Å²) in [5.74, 6) is -0.870. The van der Waals surface area contributed by atoms with Crippen molar-refractivity contribution in [1.82, 2.24) is 5.32 Å². The van der Waals surface area contributed by atoms with E-state index in [0.29, 0.717) is 23.2 Å². The molecule has 25 heavy (non-hydrogen) atoms. The SMILES string of the molecule is CCCNC(=O)/C(C)=C(\C)c1cc(F)cc(-c2ccc(F)cc2)c1C. The molecule has 2 rings (SSSR count). The number of halogens is 2. The third-order valence-electron chi connectivity index (χ3n) is 4.37. The van der Waals surface area contributed by atoms with Crippen molar-refractivity contribution in [1.29, 1.82) is 0 Å². The Morgan fingerprint density at radius 1 is 1.04 bits per heavy atom. The summed E-state index contributed by atoms with van der Waals surface area (Å²) >= 11 is 0. The van der Waals surface area contributed by atoms with Gasteiger partial charge in [0, 0.05) is 12.1 Å². The van der Waals surface area contributed by atoms with E-state index in [9.17, 15) is 13.6 Å². The molecule has 0 atom stereocenters. The van der Waals surface area contributed by atoms with Crippen molar-refractivity contribution in [2.75, 3.05) is 6.54 Å². The summed E-state index contributed by atoms with van der Waals surface area (Å²) in [6, 6.07) is 8.83. The van der Waals surface area contributed by atoms with E-state index in [0.717, 1.165) is 23.1 Å². The molecule has 2 aromatic carbocycles. The Morgan fingerprint density at radius 3 is 2.28 bits per heavy atom. The van der Waals surface area contributed by atoms with E-state index in [2.05, 4.69) is 5.32 Å². The molecule has 0 saturated heterocycles. The average Bonchev–Trinajstić information content (AvgIpc) is 2.60. The number of rotatable bonds is 5. The number of hydrogen-bond acceptors (Lipinski definition) is 1. The molecule has 2 nitrogen and oxygen atoms in total. The van der Waals surface area contributed by atoms with E-state index in [1.807, 2.05) is 20.8 Å². The number of hydrogen-bond donors (Lipinski definition) is 1. The standard InChI is InChI=1S/C21H23F2NO/c1-5-10-24-21(25)14(3)13(2)19-11-18(23)12-20(15(19)4)16-6-8-17(22)9-7-16/h6-9,11-12H,5,10H2,1-4H3,(H,24,25)/b14-13+. The molecule has 0 unspecified atom stereocenters. The third kappa shape index (κ3) is 4.32. The van der Waals surface area contributed by atoms with Crippen LogP contribution in [0.1, 0.15) is 38.3 Å². The molecule has 0 aliphatic heterocycles. The van der Waals surface area contributed by atoms with Crippen molar-refractivity contribution in [3.63, 3.8) is 0 Å². The smallest absolute Gasteiger partial charge is 0.247 e. The Hall–Kier alpha value is -2.49. The first-order valence-electron chi connectivity index (χ1n) is 8.37. The minimum atomic E-state index is -0.388. The van der Waals surface area contributed by atoms with Crippen LogP contribution in [0, 0.1) is 18.6 Å². The summed E-state index contributed by atoms with van der Waals surface area (Å²) in [6.07, 6.45) is 0.853. The highest BCUT2D eigenvalue weighted by Crippen LogP contribution is 2.32. The molecule has 1 amide bonds. The van der Waals surface area contributed by atoms with E-state index < -0.39 is 0 Å². The van der Waals surface area contributed by atoms with Gasteiger partial charge in [-0.05, 0) is 79.3 Å². The first-order valence-corrected chi connectivity index (χ1v) is 8.37. The predicted molar refractivity (Wildman–Crippen MR) is 98.1 cm³/mol. The molecule has 4 heteroatoms. The fraction of sp³-hybridized carbons (Fsp3) is 0.286. The van der Waals surface area contributed by atoms with Crippen LogP contribution in [0.25, 0.3) is 16.7 Å². The average molecular weight is 343 g/mol. The largest absolute Gasteiger partial charge is 0.352 e. The minimum absolute atomic E-state index is 0.147. The van der Waals surface area contributed by atoms with E-state index in [1.165, 1.54) is 24.3 Å². The van der Waals surface area contributed by atoms with E-state index in [1.54, 1.807) is 19.1 Å². The maximum absolute atomic E-state index is 14.2. The zero-order valence-electron chi connectivity index (χ0n) is 15.0. The lowest BCUT2D eigenvalue weighted by Crippen LogP contribution is -2.25. The van der Waals surface area contributed by atoms with Crippen LogP contribution in [0.2, 0.25) is 0 Å². The summed E-state index contributed by atoms with van der Waals surface area (Å²) in [5.41, 5.74) is 4.26. The van der Waals surface area contributed by atoms with Crippen molar-refractivity contribution < 1.29 is 13.6 Å². The quantitative estimate of drug-likeness (QED) is 0.737. The van der Waals surface area contributed by atoms with Crippen LogP contribution in [-0.2, 0) is 4.79 Å². The van der Waals surface area contributed by atoms with Gasteiger partial charge in [-0.15, -0.1) is 0 Å². The second kappa shape index (κ2) is 8.06. The lowest BCUT2D eigenvalue weighted by Gasteiger charge is -2.15. The zero-order valence-corrected chi connectivity index (χ0v) is 15.0. The van der Waals surface area contributed by atoms with Gasteiger partial charge in [0.1, 0.15) is 11.6 Å². The Balaban J connectivity index is 2.52. The molecule has 0 fully saturated rings. The van der Waals surface area contributed by atoms with Gasteiger partial charge in [-0.25, -0.2) is 8.78 Å². The van der Waals surface area contributed by atoms with E-state index in [-0.39, 0.29) is 17.5 Å². The van der Waals surface area contributed by atoms with Crippen LogP contribution in [0.4, 0.5) is 8.78 Å². The maximum Gasteiger partial charge on any atom is 0.247 e. The van der Waals surface area contributed by atoms with Crippen LogP contribution >= 0.6 is 0 Å². The minimum Gasteiger partial charge on any atom is -0.352 e. The number of carbonyl (C=O) groups excluding carboxylic acids is 1. The molecule has 0 radical (unpaired) electrons. The molecule has 0 aliphatic rings. The van der Waals surface area contributed by atoms with Gasteiger partial charge in [-0.3, -0.25) is 4.79 Å². The maximum atomic E-state index is 14.2. The second-order valence-electron chi connectivity index (χ2n) is 6.14. The van der Waals surface area contributed by atoms with Gasteiger partial charge in [-0.1, -0.05) is 19.1 Å². The van der Waals surface area contributed by atoms with Crippen molar-refractivity contribution >= 4 is 11.5 Å².